The summed E-state index contributed by atoms with van der Waals surface area (Å²) < 4.78 is 0. The fourth-order valence-electron chi connectivity index (χ4n) is 2.22. The van der Waals surface area contributed by atoms with Gasteiger partial charge in [-0.2, -0.15) is 0 Å². The highest BCUT2D eigenvalue weighted by atomic mass is 16.6. The predicted octanol–water partition coefficient (Wildman–Crippen LogP) is 1.60. The normalized spacial score (nSPS) is 22.6. The third-order valence-corrected chi connectivity index (χ3v) is 3.01. The van der Waals surface area contributed by atoms with Crippen molar-refractivity contribution in [2.24, 2.45) is 11.8 Å². The number of hydrogen-bond donors (Lipinski definition) is 2. The van der Waals surface area contributed by atoms with Gasteiger partial charge < -0.3 is 9.94 Å². The first-order chi connectivity index (χ1) is 6.38. The molecule has 3 nitrogen and oxygen atoms in total. The van der Waals surface area contributed by atoms with Crippen LogP contribution in [0.3, 0.4) is 0 Å². The molecule has 1 aliphatic carbocycles. The fraction of sp³-hybridized carbons (Fsp3) is 1.00. The van der Waals surface area contributed by atoms with E-state index in [0.717, 1.165) is 0 Å². The summed E-state index contributed by atoms with van der Waals surface area (Å²) in [6, 6.07) is 0. The number of nitrogens with two attached hydrogens (primary N) is 1. The van der Waals surface area contributed by atoms with Crippen LogP contribution >= 0.6 is 0 Å². The maximum absolute atomic E-state index is 8.83. The molecule has 1 atom stereocenters. The van der Waals surface area contributed by atoms with E-state index < -0.39 is 0 Å². The molecule has 0 saturated heterocycles. The minimum atomic E-state index is 0.0723. The van der Waals surface area contributed by atoms with Crippen LogP contribution in [0.1, 0.15) is 44.9 Å². The monoisotopic (exact) mass is 187 g/mol. The molecule has 0 amide bonds. The first kappa shape index (κ1) is 11.0. The van der Waals surface area contributed by atoms with Crippen LogP contribution in [0.15, 0.2) is 0 Å². The molecular weight excluding hydrogens is 166 g/mol. The lowest BCUT2D eigenvalue weighted by molar-refractivity contribution is -0.00872. The van der Waals surface area contributed by atoms with Crippen molar-refractivity contribution in [1.82, 2.24) is 0 Å². The highest BCUT2D eigenvalue weighted by Crippen LogP contribution is 2.27. The third-order valence-electron chi connectivity index (χ3n) is 3.01. The topological polar surface area (TPSA) is 55.5 Å². The summed E-state index contributed by atoms with van der Waals surface area (Å²) in [5, 5.41) is 8.83. The fourth-order valence-corrected chi connectivity index (χ4v) is 2.22. The quantitative estimate of drug-likeness (QED) is 0.519. The maximum Gasteiger partial charge on any atom is 0.0837 e. The molecule has 0 aliphatic heterocycles. The van der Waals surface area contributed by atoms with Crippen LogP contribution in [0.4, 0.5) is 0 Å². The van der Waals surface area contributed by atoms with Gasteiger partial charge in [0.2, 0.25) is 0 Å². The van der Waals surface area contributed by atoms with Crippen molar-refractivity contribution in [2.75, 3.05) is 6.61 Å². The van der Waals surface area contributed by atoms with Gasteiger partial charge in [-0.3, -0.25) is 0 Å². The standard InChI is InChI=1S/C10H21NO2/c11-13-10(7-8-12)9-5-3-1-2-4-6-9/h9-10,12H,1-8,11H2. The first-order valence-corrected chi connectivity index (χ1v) is 5.35. The van der Waals surface area contributed by atoms with Crippen molar-refractivity contribution in [1.29, 1.82) is 0 Å². The maximum atomic E-state index is 8.83. The molecule has 0 aromatic carbocycles. The van der Waals surface area contributed by atoms with E-state index in [4.69, 9.17) is 15.8 Å². The number of hydrogen-bond acceptors (Lipinski definition) is 3. The molecule has 1 aliphatic rings. The molecule has 78 valence electrons. The molecule has 0 aromatic heterocycles. The molecule has 13 heavy (non-hydrogen) atoms. The van der Waals surface area contributed by atoms with E-state index in [2.05, 4.69) is 0 Å². The smallest absolute Gasteiger partial charge is 0.0837 e. The second-order valence-corrected chi connectivity index (χ2v) is 3.94. The largest absolute Gasteiger partial charge is 0.396 e. The summed E-state index contributed by atoms with van der Waals surface area (Å²) in [5.74, 6) is 5.80. The van der Waals surface area contributed by atoms with Crippen LogP contribution < -0.4 is 5.90 Å². The number of aliphatic hydroxyl groups is 1. The van der Waals surface area contributed by atoms with E-state index in [1.54, 1.807) is 0 Å². The molecule has 0 spiro atoms. The van der Waals surface area contributed by atoms with Gasteiger partial charge in [0.25, 0.3) is 0 Å². The van der Waals surface area contributed by atoms with Gasteiger partial charge in [-0.15, -0.1) is 0 Å². The van der Waals surface area contributed by atoms with Gasteiger partial charge in [0.15, 0.2) is 0 Å². The molecule has 1 unspecified atom stereocenters. The van der Waals surface area contributed by atoms with E-state index >= 15 is 0 Å². The Morgan fingerprint density at radius 3 is 2.31 bits per heavy atom. The van der Waals surface area contributed by atoms with Gasteiger partial charge in [-0.05, 0) is 25.2 Å². The van der Waals surface area contributed by atoms with Crippen molar-refractivity contribution in [3.05, 3.63) is 0 Å². The van der Waals surface area contributed by atoms with Crippen molar-refractivity contribution >= 4 is 0 Å². The molecule has 0 radical (unpaired) electrons. The molecule has 0 heterocycles. The Labute approximate surface area is 80.2 Å². The van der Waals surface area contributed by atoms with Crippen molar-refractivity contribution < 1.29 is 9.94 Å². The van der Waals surface area contributed by atoms with E-state index in [0.29, 0.717) is 12.3 Å². The van der Waals surface area contributed by atoms with Gasteiger partial charge in [0.05, 0.1) is 6.10 Å². The molecule has 3 heteroatoms. The summed E-state index contributed by atoms with van der Waals surface area (Å²) in [4.78, 5) is 4.93. The Morgan fingerprint density at radius 1 is 1.23 bits per heavy atom. The summed E-state index contributed by atoms with van der Waals surface area (Å²) >= 11 is 0. The minimum absolute atomic E-state index is 0.0723. The lowest BCUT2D eigenvalue weighted by Gasteiger charge is -2.23. The summed E-state index contributed by atoms with van der Waals surface area (Å²) in [5.41, 5.74) is 0. The Morgan fingerprint density at radius 2 is 1.85 bits per heavy atom. The molecule has 0 bridgehead atoms. The van der Waals surface area contributed by atoms with Gasteiger partial charge in [0.1, 0.15) is 0 Å². The lowest BCUT2D eigenvalue weighted by Crippen LogP contribution is -2.27. The Balaban J connectivity index is 2.35. The zero-order valence-corrected chi connectivity index (χ0v) is 8.24. The number of rotatable bonds is 4. The van der Waals surface area contributed by atoms with E-state index in [1.807, 2.05) is 0 Å². The molecule has 1 fully saturated rings. The highest BCUT2D eigenvalue weighted by Gasteiger charge is 2.22. The highest BCUT2D eigenvalue weighted by molar-refractivity contribution is 4.72. The Kier molecular flexibility index (Phi) is 5.35. The van der Waals surface area contributed by atoms with Crippen molar-refractivity contribution in [3.8, 4) is 0 Å². The van der Waals surface area contributed by atoms with Crippen LogP contribution in [0, 0.1) is 5.92 Å². The van der Waals surface area contributed by atoms with Crippen LogP contribution in [0.5, 0.6) is 0 Å². The Bertz CT molecular complexity index is 122. The second kappa shape index (κ2) is 6.35. The molecular formula is C10H21NO2. The van der Waals surface area contributed by atoms with Crippen LogP contribution in [-0.4, -0.2) is 17.8 Å². The van der Waals surface area contributed by atoms with Crippen LogP contribution in [0.25, 0.3) is 0 Å². The Hall–Kier alpha value is -0.120. The number of aliphatic hydroxyl groups excluding tert-OH is 1. The molecule has 1 saturated carbocycles. The van der Waals surface area contributed by atoms with Gasteiger partial charge >= 0.3 is 0 Å². The predicted molar refractivity (Wildman–Crippen MR) is 52.0 cm³/mol. The molecule has 1 rings (SSSR count). The first-order valence-electron chi connectivity index (χ1n) is 5.35. The van der Waals surface area contributed by atoms with E-state index in [9.17, 15) is 0 Å². The summed E-state index contributed by atoms with van der Waals surface area (Å²) in [6.45, 7) is 0.179. The van der Waals surface area contributed by atoms with Crippen molar-refractivity contribution in [3.63, 3.8) is 0 Å². The second-order valence-electron chi connectivity index (χ2n) is 3.94. The van der Waals surface area contributed by atoms with E-state index in [1.165, 1.54) is 38.5 Å². The van der Waals surface area contributed by atoms with E-state index in [-0.39, 0.29) is 12.7 Å². The van der Waals surface area contributed by atoms with Crippen LogP contribution in [-0.2, 0) is 4.84 Å². The molecule has 3 N–H and O–H groups in total. The average Bonchev–Trinajstić information content (AvgIpc) is 2.42. The van der Waals surface area contributed by atoms with Gasteiger partial charge in [-0.1, -0.05) is 25.7 Å². The minimum Gasteiger partial charge on any atom is -0.396 e. The summed E-state index contributed by atoms with van der Waals surface area (Å²) in [6.07, 6.45) is 8.43. The lowest BCUT2D eigenvalue weighted by atomic mass is 9.92. The average molecular weight is 187 g/mol. The zero-order valence-electron chi connectivity index (χ0n) is 8.24. The van der Waals surface area contributed by atoms with Gasteiger partial charge in [-0.25, -0.2) is 5.90 Å². The summed E-state index contributed by atoms with van der Waals surface area (Å²) in [7, 11) is 0. The van der Waals surface area contributed by atoms with Crippen LogP contribution in [0.2, 0.25) is 0 Å². The molecule has 0 aromatic rings. The van der Waals surface area contributed by atoms with Gasteiger partial charge in [0, 0.05) is 6.61 Å². The zero-order chi connectivity index (χ0) is 9.52. The SMILES string of the molecule is NOC(CCO)C1CCCCCC1. The van der Waals surface area contributed by atoms with Crippen molar-refractivity contribution in [2.45, 2.75) is 51.0 Å². The third kappa shape index (κ3) is 3.63.